The van der Waals surface area contributed by atoms with E-state index in [0.717, 1.165) is 31.2 Å². The standard InChI is InChI=1S/C16H21NO4/c1-20-15(18)13-9-5-6-10-14(13)17-16(19)21-11-12-7-3-2-4-8-12/h2-4,7-8,13-14H,5-6,9-11H2,1H3,(H,17,19)/t13-,14-/m0/s1. The summed E-state index contributed by atoms with van der Waals surface area (Å²) in [6.45, 7) is 0.224. The van der Waals surface area contributed by atoms with Crippen LogP contribution in [0.3, 0.4) is 0 Å². The van der Waals surface area contributed by atoms with Gasteiger partial charge >= 0.3 is 12.1 Å². The average molecular weight is 291 g/mol. The minimum absolute atomic E-state index is 0.200. The Kier molecular flexibility index (Phi) is 5.60. The largest absolute Gasteiger partial charge is 0.469 e. The van der Waals surface area contributed by atoms with E-state index in [2.05, 4.69) is 5.32 Å². The molecule has 2 atom stereocenters. The van der Waals surface area contributed by atoms with Crippen molar-refractivity contribution in [2.24, 2.45) is 5.92 Å². The van der Waals surface area contributed by atoms with Gasteiger partial charge in [-0.05, 0) is 18.4 Å². The smallest absolute Gasteiger partial charge is 0.407 e. The van der Waals surface area contributed by atoms with Gasteiger partial charge in [0.05, 0.1) is 13.0 Å². The SMILES string of the molecule is COC(=O)[C@H]1CCCC[C@@H]1NC(=O)OCc1ccccc1. The highest BCUT2D eigenvalue weighted by Gasteiger charge is 2.33. The fourth-order valence-electron chi connectivity index (χ4n) is 2.65. The molecule has 0 radical (unpaired) electrons. The Morgan fingerprint density at radius 2 is 1.90 bits per heavy atom. The minimum atomic E-state index is -0.486. The fourth-order valence-corrected chi connectivity index (χ4v) is 2.65. The Morgan fingerprint density at radius 1 is 1.19 bits per heavy atom. The molecule has 5 heteroatoms. The Labute approximate surface area is 124 Å². The molecule has 0 spiro atoms. The number of nitrogens with one attached hydrogen (secondary N) is 1. The molecule has 0 heterocycles. The maximum absolute atomic E-state index is 11.9. The normalized spacial score (nSPS) is 21.4. The molecule has 1 N–H and O–H groups in total. The Bertz CT molecular complexity index is 474. The zero-order chi connectivity index (χ0) is 15.1. The first-order chi connectivity index (χ1) is 10.2. The van der Waals surface area contributed by atoms with Gasteiger partial charge in [0.25, 0.3) is 0 Å². The van der Waals surface area contributed by atoms with Gasteiger partial charge in [-0.2, -0.15) is 0 Å². The minimum Gasteiger partial charge on any atom is -0.469 e. The number of ether oxygens (including phenoxy) is 2. The van der Waals surface area contributed by atoms with Gasteiger partial charge in [-0.25, -0.2) is 4.79 Å². The van der Waals surface area contributed by atoms with Crippen LogP contribution in [0, 0.1) is 5.92 Å². The summed E-state index contributed by atoms with van der Waals surface area (Å²) in [6, 6.07) is 9.29. The van der Waals surface area contributed by atoms with E-state index in [9.17, 15) is 9.59 Å². The molecule has 1 aromatic carbocycles. The number of benzene rings is 1. The average Bonchev–Trinajstić information content (AvgIpc) is 2.54. The Balaban J connectivity index is 1.84. The second-order valence-electron chi connectivity index (χ2n) is 5.23. The predicted octanol–water partition coefficient (Wildman–Crippen LogP) is 2.64. The summed E-state index contributed by atoms with van der Waals surface area (Å²) in [4.78, 5) is 23.6. The molecule has 0 aliphatic heterocycles. The monoisotopic (exact) mass is 291 g/mol. The van der Waals surface area contributed by atoms with Crippen molar-refractivity contribution >= 4 is 12.1 Å². The fraction of sp³-hybridized carbons (Fsp3) is 0.500. The number of esters is 1. The summed E-state index contributed by atoms with van der Waals surface area (Å²) < 4.78 is 9.99. The van der Waals surface area contributed by atoms with Crippen molar-refractivity contribution < 1.29 is 19.1 Å². The van der Waals surface area contributed by atoms with Crippen molar-refractivity contribution in [1.82, 2.24) is 5.32 Å². The zero-order valence-electron chi connectivity index (χ0n) is 12.2. The van der Waals surface area contributed by atoms with Gasteiger partial charge in [0, 0.05) is 6.04 Å². The summed E-state index contributed by atoms with van der Waals surface area (Å²) in [7, 11) is 1.38. The molecule has 5 nitrogen and oxygen atoms in total. The number of hydrogen-bond acceptors (Lipinski definition) is 4. The molecule has 2 rings (SSSR count). The third-order valence-corrected chi connectivity index (χ3v) is 3.79. The molecule has 0 aromatic heterocycles. The summed E-state index contributed by atoms with van der Waals surface area (Å²) in [5.74, 6) is -0.531. The molecule has 1 aliphatic rings. The number of amides is 1. The van der Waals surface area contributed by atoms with E-state index in [-0.39, 0.29) is 24.5 Å². The van der Waals surface area contributed by atoms with E-state index < -0.39 is 6.09 Å². The van der Waals surface area contributed by atoms with Gasteiger partial charge in [-0.15, -0.1) is 0 Å². The molecular formula is C16H21NO4. The number of hydrogen-bond donors (Lipinski definition) is 1. The first-order valence-corrected chi connectivity index (χ1v) is 7.25. The van der Waals surface area contributed by atoms with Crippen molar-refractivity contribution in [1.29, 1.82) is 0 Å². The lowest BCUT2D eigenvalue weighted by Crippen LogP contribution is -2.45. The summed E-state index contributed by atoms with van der Waals surface area (Å²) in [6.07, 6.45) is 3.02. The van der Waals surface area contributed by atoms with Gasteiger partial charge in [0.15, 0.2) is 0 Å². The maximum atomic E-state index is 11.9. The van der Waals surface area contributed by atoms with E-state index in [1.807, 2.05) is 30.3 Å². The molecule has 1 aliphatic carbocycles. The van der Waals surface area contributed by atoms with Crippen LogP contribution in [0.2, 0.25) is 0 Å². The molecule has 114 valence electrons. The molecule has 0 unspecified atom stereocenters. The van der Waals surface area contributed by atoms with Gasteiger partial charge in [-0.1, -0.05) is 43.2 Å². The first-order valence-electron chi connectivity index (χ1n) is 7.25. The lowest BCUT2D eigenvalue weighted by atomic mass is 9.84. The van der Waals surface area contributed by atoms with Crippen molar-refractivity contribution in [2.45, 2.75) is 38.3 Å². The number of rotatable bonds is 4. The molecule has 1 fully saturated rings. The van der Waals surface area contributed by atoms with E-state index in [4.69, 9.17) is 9.47 Å². The molecule has 1 aromatic rings. The van der Waals surface area contributed by atoms with Gasteiger partial charge < -0.3 is 14.8 Å². The van der Waals surface area contributed by atoms with Crippen LogP contribution in [-0.2, 0) is 20.9 Å². The van der Waals surface area contributed by atoms with E-state index in [1.54, 1.807) is 0 Å². The summed E-state index contributed by atoms with van der Waals surface area (Å²) >= 11 is 0. The number of alkyl carbamates (subject to hydrolysis) is 1. The van der Waals surface area contributed by atoms with Crippen molar-refractivity contribution in [2.75, 3.05) is 7.11 Å². The summed E-state index contributed by atoms with van der Waals surface area (Å²) in [5, 5.41) is 2.79. The van der Waals surface area contributed by atoms with Gasteiger partial charge in [-0.3, -0.25) is 4.79 Å². The lowest BCUT2D eigenvalue weighted by Gasteiger charge is -2.29. The van der Waals surface area contributed by atoms with Crippen LogP contribution in [0.5, 0.6) is 0 Å². The molecule has 0 bridgehead atoms. The van der Waals surface area contributed by atoms with Crippen molar-refractivity contribution in [3.63, 3.8) is 0 Å². The second-order valence-corrected chi connectivity index (χ2v) is 5.23. The summed E-state index contributed by atoms with van der Waals surface area (Å²) in [5.41, 5.74) is 0.931. The highest BCUT2D eigenvalue weighted by Crippen LogP contribution is 2.25. The quantitative estimate of drug-likeness (QED) is 0.866. The number of carbonyl (C=O) groups is 2. The lowest BCUT2D eigenvalue weighted by molar-refractivity contribution is -0.147. The van der Waals surface area contributed by atoms with Crippen LogP contribution >= 0.6 is 0 Å². The zero-order valence-corrected chi connectivity index (χ0v) is 12.2. The predicted molar refractivity (Wildman–Crippen MR) is 77.5 cm³/mol. The molecule has 0 saturated heterocycles. The van der Waals surface area contributed by atoms with Crippen LogP contribution < -0.4 is 5.32 Å². The van der Waals surface area contributed by atoms with E-state index in [0.29, 0.717) is 0 Å². The van der Waals surface area contributed by atoms with Gasteiger partial charge in [0.2, 0.25) is 0 Å². The van der Waals surface area contributed by atoms with Gasteiger partial charge in [0.1, 0.15) is 6.61 Å². The van der Waals surface area contributed by atoms with Crippen molar-refractivity contribution in [3.05, 3.63) is 35.9 Å². The third-order valence-electron chi connectivity index (χ3n) is 3.79. The van der Waals surface area contributed by atoms with Crippen LogP contribution in [0.25, 0.3) is 0 Å². The highest BCUT2D eigenvalue weighted by molar-refractivity contribution is 5.75. The third kappa shape index (κ3) is 4.48. The highest BCUT2D eigenvalue weighted by atomic mass is 16.5. The van der Waals surface area contributed by atoms with E-state index >= 15 is 0 Å². The number of methoxy groups -OCH3 is 1. The number of carbonyl (C=O) groups excluding carboxylic acids is 2. The van der Waals surface area contributed by atoms with E-state index in [1.165, 1.54) is 7.11 Å². The van der Waals surface area contributed by atoms with Crippen LogP contribution in [0.4, 0.5) is 4.79 Å². The van der Waals surface area contributed by atoms with Crippen LogP contribution in [-0.4, -0.2) is 25.2 Å². The maximum Gasteiger partial charge on any atom is 0.407 e. The van der Waals surface area contributed by atoms with Crippen LogP contribution in [0.1, 0.15) is 31.2 Å². The molecule has 1 amide bonds. The molecule has 1 saturated carbocycles. The Morgan fingerprint density at radius 3 is 2.62 bits per heavy atom. The second kappa shape index (κ2) is 7.67. The Hall–Kier alpha value is -2.04. The van der Waals surface area contributed by atoms with Crippen LogP contribution in [0.15, 0.2) is 30.3 Å². The molecular weight excluding hydrogens is 270 g/mol. The topological polar surface area (TPSA) is 64.6 Å². The van der Waals surface area contributed by atoms with Crippen molar-refractivity contribution in [3.8, 4) is 0 Å². The first kappa shape index (κ1) is 15.4. The molecule has 21 heavy (non-hydrogen) atoms.